The second-order valence-corrected chi connectivity index (χ2v) is 6.14. The van der Waals surface area contributed by atoms with Crippen molar-refractivity contribution in [1.82, 2.24) is 10.1 Å². The molecule has 0 spiro atoms. The molecule has 0 aliphatic heterocycles. The van der Waals surface area contributed by atoms with Crippen molar-refractivity contribution in [2.24, 2.45) is 5.73 Å². The predicted octanol–water partition coefficient (Wildman–Crippen LogP) is 3.66. The SMILES string of the molecule is NCC1(c2nc(-c3cccc4ccccc34)no2)CCCC1. The zero-order valence-corrected chi connectivity index (χ0v) is 12.5. The maximum absolute atomic E-state index is 6.01. The summed E-state index contributed by atoms with van der Waals surface area (Å²) in [5.74, 6) is 1.36. The largest absolute Gasteiger partial charge is 0.338 e. The molecule has 2 aromatic carbocycles. The number of fused-ring (bicyclic) bond motifs is 1. The lowest BCUT2D eigenvalue weighted by atomic mass is 9.86. The Morgan fingerprint density at radius 2 is 1.82 bits per heavy atom. The van der Waals surface area contributed by atoms with Gasteiger partial charge in [-0.05, 0) is 23.6 Å². The molecule has 4 nitrogen and oxygen atoms in total. The van der Waals surface area contributed by atoms with Crippen molar-refractivity contribution < 1.29 is 4.52 Å². The van der Waals surface area contributed by atoms with Crippen molar-refractivity contribution in [3.05, 3.63) is 48.4 Å². The monoisotopic (exact) mass is 293 g/mol. The van der Waals surface area contributed by atoms with Crippen LogP contribution in [0.1, 0.15) is 31.6 Å². The minimum Gasteiger partial charge on any atom is -0.338 e. The number of benzene rings is 2. The first-order valence-corrected chi connectivity index (χ1v) is 7.85. The summed E-state index contributed by atoms with van der Waals surface area (Å²) in [5, 5.41) is 6.56. The maximum Gasteiger partial charge on any atom is 0.234 e. The Labute approximate surface area is 129 Å². The lowest BCUT2D eigenvalue weighted by molar-refractivity contribution is 0.284. The quantitative estimate of drug-likeness (QED) is 0.800. The Morgan fingerprint density at radius 3 is 2.64 bits per heavy atom. The van der Waals surface area contributed by atoms with Crippen molar-refractivity contribution in [3.63, 3.8) is 0 Å². The van der Waals surface area contributed by atoms with E-state index >= 15 is 0 Å². The number of aromatic nitrogens is 2. The molecule has 1 fully saturated rings. The van der Waals surface area contributed by atoms with Gasteiger partial charge in [0, 0.05) is 12.1 Å². The van der Waals surface area contributed by atoms with Gasteiger partial charge in [0.25, 0.3) is 0 Å². The van der Waals surface area contributed by atoms with E-state index in [0.717, 1.165) is 23.8 Å². The molecular formula is C18H19N3O. The molecule has 1 aromatic heterocycles. The van der Waals surface area contributed by atoms with Crippen LogP contribution in [0.2, 0.25) is 0 Å². The summed E-state index contributed by atoms with van der Waals surface area (Å²) in [6.07, 6.45) is 4.45. The summed E-state index contributed by atoms with van der Waals surface area (Å²) in [6, 6.07) is 14.4. The Hall–Kier alpha value is -2.20. The van der Waals surface area contributed by atoms with Crippen molar-refractivity contribution in [2.45, 2.75) is 31.1 Å². The van der Waals surface area contributed by atoms with Gasteiger partial charge >= 0.3 is 0 Å². The van der Waals surface area contributed by atoms with Gasteiger partial charge in [0.05, 0.1) is 5.41 Å². The molecule has 112 valence electrons. The van der Waals surface area contributed by atoms with Crippen LogP contribution in [-0.4, -0.2) is 16.7 Å². The molecule has 0 atom stereocenters. The fourth-order valence-electron chi connectivity index (χ4n) is 3.53. The first kappa shape index (κ1) is 13.5. The van der Waals surface area contributed by atoms with Gasteiger partial charge in [-0.15, -0.1) is 0 Å². The van der Waals surface area contributed by atoms with E-state index < -0.39 is 0 Å². The van der Waals surface area contributed by atoms with E-state index in [1.807, 2.05) is 24.3 Å². The summed E-state index contributed by atoms with van der Waals surface area (Å²) in [4.78, 5) is 4.70. The number of hydrogen-bond acceptors (Lipinski definition) is 4. The van der Waals surface area contributed by atoms with Gasteiger partial charge < -0.3 is 10.3 Å². The summed E-state index contributed by atoms with van der Waals surface area (Å²) >= 11 is 0. The molecule has 1 aliphatic rings. The summed E-state index contributed by atoms with van der Waals surface area (Å²) in [6.45, 7) is 0.574. The van der Waals surface area contributed by atoms with Gasteiger partial charge in [-0.3, -0.25) is 0 Å². The van der Waals surface area contributed by atoms with E-state index in [4.69, 9.17) is 15.2 Å². The minimum atomic E-state index is -0.115. The second-order valence-electron chi connectivity index (χ2n) is 6.14. The third-order valence-corrected chi connectivity index (χ3v) is 4.86. The van der Waals surface area contributed by atoms with E-state index in [2.05, 4.69) is 23.4 Å². The summed E-state index contributed by atoms with van der Waals surface area (Å²) in [5.41, 5.74) is 6.91. The molecule has 0 bridgehead atoms. The zero-order chi connectivity index (χ0) is 15.0. The summed E-state index contributed by atoms with van der Waals surface area (Å²) < 4.78 is 5.61. The van der Waals surface area contributed by atoms with Gasteiger partial charge in [0.15, 0.2) is 0 Å². The number of nitrogens with zero attached hydrogens (tertiary/aromatic N) is 2. The highest BCUT2D eigenvalue weighted by molar-refractivity contribution is 5.94. The molecule has 4 heteroatoms. The van der Waals surface area contributed by atoms with Crippen LogP contribution in [0.4, 0.5) is 0 Å². The van der Waals surface area contributed by atoms with Crippen LogP contribution in [0.5, 0.6) is 0 Å². The van der Waals surface area contributed by atoms with Crippen LogP contribution < -0.4 is 5.73 Å². The van der Waals surface area contributed by atoms with Crippen molar-refractivity contribution in [3.8, 4) is 11.4 Å². The van der Waals surface area contributed by atoms with Gasteiger partial charge in [-0.25, -0.2) is 0 Å². The van der Waals surface area contributed by atoms with E-state index in [0.29, 0.717) is 18.3 Å². The normalized spacial score (nSPS) is 17.1. The van der Waals surface area contributed by atoms with Gasteiger partial charge in [-0.1, -0.05) is 60.5 Å². The molecule has 2 N–H and O–H groups in total. The standard InChI is InChI=1S/C18H19N3O/c19-12-18(10-3-4-11-18)17-20-16(21-22-17)15-9-5-7-13-6-1-2-8-14(13)15/h1-2,5-9H,3-4,10-12,19H2. The highest BCUT2D eigenvalue weighted by atomic mass is 16.5. The minimum absolute atomic E-state index is 0.115. The van der Waals surface area contributed by atoms with Gasteiger partial charge in [0.1, 0.15) is 0 Å². The lowest BCUT2D eigenvalue weighted by Gasteiger charge is -2.21. The lowest BCUT2D eigenvalue weighted by Crippen LogP contribution is -2.32. The first-order valence-electron chi connectivity index (χ1n) is 7.85. The van der Waals surface area contributed by atoms with E-state index in [1.54, 1.807) is 0 Å². The molecule has 0 amide bonds. The summed E-state index contributed by atoms with van der Waals surface area (Å²) in [7, 11) is 0. The van der Waals surface area contributed by atoms with E-state index in [9.17, 15) is 0 Å². The highest BCUT2D eigenvalue weighted by Gasteiger charge is 2.39. The number of hydrogen-bond donors (Lipinski definition) is 1. The van der Waals surface area contributed by atoms with Crippen LogP contribution >= 0.6 is 0 Å². The molecule has 1 saturated carbocycles. The smallest absolute Gasteiger partial charge is 0.234 e. The van der Waals surface area contributed by atoms with Gasteiger partial charge in [0.2, 0.25) is 11.7 Å². The first-order chi connectivity index (χ1) is 10.8. The molecule has 0 radical (unpaired) electrons. The fourth-order valence-corrected chi connectivity index (χ4v) is 3.53. The second kappa shape index (κ2) is 5.21. The molecule has 22 heavy (non-hydrogen) atoms. The molecule has 3 aromatic rings. The third-order valence-electron chi connectivity index (χ3n) is 4.86. The Bertz CT molecular complexity index is 797. The van der Waals surface area contributed by atoms with Crippen LogP contribution in [0.15, 0.2) is 47.0 Å². The van der Waals surface area contributed by atoms with Crippen LogP contribution in [0.3, 0.4) is 0 Å². The third kappa shape index (κ3) is 2.03. The number of nitrogens with two attached hydrogens (primary N) is 1. The van der Waals surface area contributed by atoms with Crippen LogP contribution in [0.25, 0.3) is 22.2 Å². The molecule has 4 rings (SSSR count). The van der Waals surface area contributed by atoms with Crippen molar-refractivity contribution in [1.29, 1.82) is 0 Å². The molecule has 0 saturated heterocycles. The Balaban J connectivity index is 1.81. The predicted molar refractivity (Wildman–Crippen MR) is 86.4 cm³/mol. The Morgan fingerprint density at radius 1 is 1.05 bits per heavy atom. The topological polar surface area (TPSA) is 64.9 Å². The van der Waals surface area contributed by atoms with Crippen LogP contribution in [0, 0.1) is 0 Å². The Kier molecular flexibility index (Phi) is 3.19. The van der Waals surface area contributed by atoms with E-state index in [-0.39, 0.29) is 5.41 Å². The number of rotatable bonds is 3. The van der Waals surface area contributed by atoms with Crippen molar-refractivity contribution >= 4 is 10.8 Å². The average molecular weight is 293 g/mol. The average Bonchev–Trinajstić information content (AvgIpc) is 3.24. The fraction of sp³-hybridized carbons (Fsp3) is 0.333. The molecule has 1 aliphatic carbocycles. The van der Waals surface area contributed by atoms with Crippen molar-refractivity contribution in [2.75, 3.05) is 6.54 Å². The molecular weight excluding hydrogens is 274 g/mol. The molecule has 1 heterocycles. The zero-order valence-electron chi connectivity index (χ0n) is 12.5. The highest BCUT2D eigenvalue weighted by Crippen LogP contribution is 2.40. The van der Waals surface area contributed by atoms with E-state index in [1.165, 1.54) is 18.2 Å². The van der Waals surface area contributed by atoms with Gasteiger partial charge in [-0.2, -0.15) is 4.98 Å². The maximum atomic E-state index is 6.01. The molecule has 0 unspecified atom stereocenters. The van der Waals surface area contributed by atoms with Crippen LogP contribution in [-0.2, 0) is 5.41 Å².